The lowest BCUT2D eigenvalue weighted by molar-refractivity contribution is -0.133. The molecule has 1 aliphatic heterocycles. The third kappa shape index (κ3) is 2.33. The highest BCUT2D eigenvalue weighted by Crippen LogP contribution is 2.36. The van der Waals surface area contributed by atoms with Crippen LogP contribution in [0.5, 0.6) is 0 Å². The smallest absolute Gasteiger partial charge is 0.242 e. The standard InChI is InChI=1S/C12H22N2O/c1-11(2)4-3-8-14(9-7-11)10(15)12(13)5-6-12/h3-9,13H2,1-2H3. The zero-order chi connectivity index (χ0) is 11.1. The van der Waals surface area contributed by atoms with Crippen LogP contribution in [0.25, 0.3) is 0 Å². The van der Waals surface area contributed by atoms with Crippen molar-refractivity contribution in [1.29, 1.82) is 0 Å². The van der Waals surface area contributed by atoms with E-state index in [2.05, 4.69) is 13.8 Å². The second kappa shape index (κ2) is 3.48. The van der Waals surface area contributed by atoms with Gasteiger partial charge in [0, 0.05) is 13.1 Å². The quantitative estimate of drug-likeness (QED) is 0.713. The Morgan fingerprint density at radius 1 is 1.13 bits per heavy atom. The molecule has 1 heterocycles. The van der Waals surface area contributed by atoms with E-state index in [9.17, 15) is 4.79 Å². The van der Waals surface area contributed by atoms with Crippen molar-refractivity contribution in [3.8, 4) is 0 Å². The zero-order valence-electron chi connectivity index (χ0n) is 9.88. The summed E-state index contributed by atoms with van der Waals surface area (Å²) < 4.78 is 0. The Morgan fingerprint density at radius 2 is 1.80 bits per heavy atom. The molecule has 2 aliphatic rings. The lowest BCUT2D eigenvalue weighted by Crippen LogP contribution is -2.46. The molecular weight excluding hydrogens is 188 g/mol. The van der Waals surface area contributed by atoms with Crippen molar-refractivity contribution in [3.05, 3.63) is 0 Å². The van der Waals surface area contributed by atoms with Gasteiger partial charge in [0.2, 0.25) is 5.91 Å². The molecule has 3 heteroatoms. The molecule has 86 valence electrons. The van der Waals surface area contributed by atoms with Gasteiger partial charge in [0.15, 0.2) is 0 Å². The predicted octanol–water partition coefficient (Wildman–Crippen LogP) is 1.52. The van der Waals surface area contributed by atoms with Crippen LogP contribution in [0.15, 0.2) is 0 Å². The topological polar surface area (TPSA) is 46.3 Å². The van der Waals surface area contributed by atoms with Crippen LogP contribution >= 0.6 is 0 Å². The van der Waals surface area contributed by atoms with Gasteiger partial charge in [0.05, 0.1) is 5.54 Å². The lowest BCUT2D eigenvalue weighted by atomic mass is 9.85. The highest BCUT2D eigenvalue weighted by molar-refractivity contribution is 5.89. The van der Waals surface area contributed by atoms with Crippen LogP contribution in [-0.4, -0.2) is 29.4 Å². The van der Waals surface area contributed by atoms with Crippen LogP contribution < -0.4 is 5.73 Å². The molecule has 0 aromatic carbocycles. The molecule has 2 fully saturated rings. The number of amides is 1. The Labute approximate surface area is 92.0 Å². The molecule has 0 unspecified atom stereocenters. The van der Waals surface area contributed by atoms with Crippen LogP contribution in [0.3, 0.4) is 0 Å². The molecule has 15 heavy (non-hydrogen) atoms. The summed E-state index contributed by atoms with van der Waals surface area (Å²) in [5.74, 6) is 0.195. The Morgan fingerprint density at radius 3 is 2.40 bits per heavy atom. The third-order valence-corrected chi connectivity index (χ3v) is 3.84. The molecule has 3 nitrogen and oxygen atoms in total. The van der Waals surface area contributed by atoms with Gasteiger partial charge in [-0.3, -0.25) is 4.79 Å². The Bertz CT molecular complexity index is 269. The normalized spacial score (nSPS) is 28.3. The average Bonchev–Trinajstić information content (AvgIpc) is 2.91. The molecule has 0 aromatic heterocycles. The number of carbonyl (C=O) groups excluding carboxylic acids is 1. The first kappa shape index (κ1) is 10.9. The predicted molar refractivity (Wildman–Crippen MR) is 60.4 cm³/mol. The van der Waals surface area contributed by atoms with E-state index < -0.39 is 5.54 Å². The van der Waals surface area contributed by atoms with Crippen molar-refractivity contribution >= 4 is 5.91 Å². The number of likely N-dealkylation sites (tertiary alicyclic amines) is 1. The van der Waals surface area contributed by atoms with Gasteiger partial charge in [-0.1, -0.05) is 13.8 Å². The highest BCUT2D eigenvalue weighted by atomic mass is 16.2. The fourth-order valence-corrected chi connectivity index (χ4v) is 2.29. The summed E-state index contributed by atoms with van der Waals surface area (Å²) in [4.78, 5) is 14.0. The second-order valence-electron chi connectivity index (χ2n) is 5.97. The fraction of sp³-hybridized carbons (Fsp3) is 0.917. The van der Waals surface area contributed by atoms with Crippen LogP contribution in [0.2, 0.25) is 0 Å². The van der Waals surface area contributed by atoms with Gasteiger partial charge in [-0.2, -0.15) is 0 Å². The van der Waals surface area contributed by atoms with Crippen molar-refractivity contribution in [2.75, 3.05) is 13.1 Å². The van der Waals surface area contributed by atoms with Gasteiger partial charge in [0.25, 0.3) is 0 Å². The zero-order valence-corrected chi connectivity index (χ0v) is 9.88. The maximum Gasteiger partial charge on any atom is 0.242 e. The first-order valence-electron chi connectivity index (χ1n) is 6.01. The minimum atomic E-state index is -0.478. The van der Waals surface area contributed by atoms with Crippen LogP contribution in [0.1, 0.15) is 46.0 Å². The van der Waals surface area contributed by atoms with Gasteiger partial charge < -0.3 is 10.6 Å². The van der Waals surface area contributed by atoms with E-state index in [-0.39, 0.29) is 5.91 Å². The molecule has 1 saturated heterocycles. The largest absolute Gasteiger partial charge is 0.341 e. The number of rotatable bonds is 1. The summed E-state index contributed by atoms with van der Waals surface area (Å²) in [5, 5.41) is 0. The molecule has 0 atom stereocenters. The number of nitrogens with two attached hydrogens (primary N) is 1. The first-order valence-corrected chi connectivity index (χ1v) is 6.01. The van der Waals surface area contributed by atoms with E-state index in [1.54, 1.807) is 0 Å². The molecule has 2 rings (SSSR count). The SMILES string of the molecule is CC1(C)CCCN(C(=O)C2(N)CC2)CC1. The fourth-order valence-electron chi connectivity index (χ4n) is 2.29. The van der Waals surface area contributed by atoms with Gasteiger partial charge >= 0.3 is 0 Å². The summed E-state index contributed by atoms with van der Waals surface area (Å²) in [7, 11) is 0. The summed E-state index contributed by atoms with van der Waals surface area (Å²) in [6, 6.07) is 0. The molecule has 0 aromatic rings. The van der Waals surface area contributed by atoms with Crippen molar-refractivity contribution < 1.29 is 4.79 Å². The van der Waals surface area contributed by atoms with E-state index in [0.29, 0.717) is 5.41 Å². The van der Waals surface area contributed by atoms with Crippen LogP contribution in [0, 0.1) is 5.41 Å². The Hall–Kier alpha value is -0.570. The summed E-state index contributed by atoms with van der Waals surface area (Å²) in [6.07, 6.45) is 5.20. The first-order chi connectivity index (χ1) is 6.93. The van der Waals surface area contributed by atoms with Gasteiger partial charge in [-0.05, 0) is 37.5 Å². The van der Waals surface area contributed by atoms with Gasteiger partial charge in [-0.25, -0.2) is 0 Å². The van der Waals surface area contributed by atoms with Crippen molar-refractivity contribution in [2.24, 2.45) is 11.1 Å². The minimum absolute atomic E-state index is 0.195. The highest BCUT2D eigenvalue weighted by Gasteiger charge is 2.48. The Kier molecular flexibility index (Phi) is 2.53. The molecule has 0 bridgehead atoms. The maximum absolute atomic E-state index is 12.0. The van der Waals surface area contributed by atoms with Crippen molar-refractivity contribution in [2.45, 2.75) is 51.5 Å². The van der Waals surface area contributed by atoms with E-state index in [1.807, 2.05) is 4.90 Å². The van der Waals surface area contributed by atoms with Crippen LogP contribution in [-0.2, 0) is 4.79 Å². The number of carbonyl (C=O) groups is 1. The molecule has 1 amide bonds. The number of nitrogens with zero attached hydrogens (tertiary/aromatic N) is 1. The molecule has 2 N–H and O–H groups in total. The molecule has 1 saturated carbocycles. The monoisotopic (exact) mass is 210 g/mol. The minimum Gasteiger partial charge on any atom is -0.341 e. The second-order valence-corrected chi connectivity index (χ2v) is 5.97. The third-order valence-electron chi connectivity index (χ3n) is 3.84. The molecular formula is C12H22N2O. The van der Waals surface area contributed by atoms with E-state index in [1.165, 1.54) is 6.42 Å². The molecule has 0 radical (unpaired) electrons. The number of hydrogen-bond donors (Lipinski definition) is 1. The lowest BCUT2D eigenvalue weighted by Gasteiger charge is -2.25. The van der Waals surface area contributed by atoms with E-state index in [4.69, 9.17) is 5.73 Å². The molecule has 1 aliphatic carbocycles. The van der Waals surface area contributed by atoms with Gasteiger partial charge in [0.1, 0.15) is 0 Å². The number of hydrogen-bond acceptors (Lipinski definition) is 2. The molecule has 0 spiro atoms. The van der Waals surface area contributed by atoms with Crippen LogP contribution in [0.4, 0.5) is 0 Å². The maximum atomic E-state index is 12.0. The van der Waals surface area contributed by atoms with Gasteiger partial charge in [-0.15, -0.1) is 0 Å². The summed E-state index contributed by atoms with van der Waals surface area (Å²) in [6.45, 7) is 6.37. The summed E-state index contributed by atoms with van der Waals surface area (Å²) >= 11 is 0. The van der Waals surface area contributed by atoms with E-state index >= 15 is 0 Å². The summed E-state index contributed by atoms with van der Waals surface area (Å²) in [5.41, 5.74) is 5.86. The van der Waals surface area contributed by atoms with E-state index in [0.717, 1.165) is 38.8 Å². The average molecular weight is 210 g/mol. The Balaban J connectivity index is 1.96. The van der Waals surface area contributed by atoms with Crippen molar-refractivity contribution in [1.82, 2.24) is 4.90 Å². The van der Waals surface area contributed by atoms with Crippen molar-refractivity contribution in [3.63, 3.8) is 0 Å².